The lowest BCUT2D eigenvalue weighted by molar-refractivity contribution is -0.120. The summed E-state index contributed by atoms with van der Waals surface area (Å²) < 4.78 is 2.14. The topological polar surface area (TPSA) is 89.6 Å². The zero-order valence-electron chi connectivity index (χ0n) is 14.7. The average molecular weight is 345 g/mol. The van der Waals surface area contributed by atoms with Crippen LogP contribution in [0.2, 0.25) is 0 Å². The van der Waals surface area contributed by atoms with Crippen LogP contribution in [0.1, 0.15) is 24.1 Å². The van der Waals surface area contributed by atoms with E-state index in [0.29, 0.717) is 0 Å². The van der Waals surface area contributed by atoms with E-state index in [1.165, 1.54) is 5.56 Å². The molecule has 0 unspecified atom stereocenters. The number of nitrogens with zero attached hydrogens (tertiary/aromatic N) is 3. The Hall–Kier alpha value is -3.15. The molecule has 3 aromatic heterocycles. The van der Waals surface area contributed by atoms with Crippen molar-refractivity contribution in [3.63, 3.8) is 0 Å². The second kappa shape index (κ2) is 4.94. The van der Waals surface area contributed by atoms with Gasteiger partial charge in [-0.15, -0.1) is 0 Å². The number of carbonyl (C=O) groups excluding carboxylic acids is 1. The van der Waals surface area contributed by atoms with Crippen molar-refractivity contribution in [2.75, 3.05) is 0 Å². The van der Waals surface area contributed by atoms with Crippen molar-refractivity contribution in [1.29, 1.82) is 0 Å². The minimum absolute atomic E-state index is 0.276. The number of hydrogen-bond donors (Lipinski definition) is 2. The normalized spacial score (nSPS) is 15.6. The van der Waals surface area contributed by atoms with E-state index < -0.39 is 5.41 Å². The van der Waals surface area contributed by atoms with Gasteiger partial charge >= 0.3 is 0 Å². The maximum absolute atomic E-state index is 11.8. The second-order valence-corrected chi connectivity index (χ2v) is 7.29. The molecule has 1 amide bonds. The first kappa shape index (κ1) is 15.1. The van der Waals surface area contributed by atoms with Gasteiger partial charge in [0.2, 0.25) is 5.91 Å². The number of amides is 1. The lowest BCUT2D eigenvalue weighted by Crippen LogP contribution is -2.29. The van der Waals surface area contributed by atoms with Crippen molar-refractivity contribution in [3.8, 4) is 11.3 Å². The fourth-order valence-corrected chi connectivity index (χ4v) is 3.88. The number of hydrogen-bond acceptors (Lipinski definition) is 3. The minimum atomic E-state index is -0.560. The third-order valence-corrected chi connectivity index (χ3v) is 5.70. The number of aromatic amines is 1. The van der Waals surface area contributed by atoms with Crippen LogP contribution in [0.15, 0.2) is 36.7 Å². The summed E-state index contributed by atoms with van der Waals surface area (Å²) in [6.45, 7) is 2.10. The number of aryl methyl sites for hydroxylation is 2. The van der Waals surface area contributed by atoms with E-state index >= 15 is 0 Å². The molecule has 0 atom stereocenters. The van der Waals surface area contributed by atoms with Crippen LogP contribution in [-0.4, -0.2) is 25.7 Å². The van der Waals surface area contributed by atoms with Gasteiger partial charge in [0.15, 0.2) is 0 Å². The number of fused-ring (bicyclic) bond motifs is 2. The Morgan fingerprint density at radius 1 is 1.19 bits per heavy atom. The molecule has 4 aromatic rings. The molecule has 0 aliphatic heterocycles. The smallest absolute Gasteiger partial charge is 0.229 e. The van der Waals surface area contributed by atoms with E-state index in [1.54, 1.807) is 0 Å². The Morgan fingerprint density at radius 3 is 2.73 bits per heavy atom. The van der Waals surface area contributed by atoms with Crippen molar-refractivity contribution in [2.24, 2.45) is 12.8 Å². The molecule has 0 saturated heterocycles. The molecule has 26 heavy (non-hydrogen) atoms. The Balaban J connectivity index is 1.70. The fraction of sp³-hybridized carbons (Fsp3) is 0.250. The SMILES string of the molecule is Cc1cc2[nH]ncc2cc1-c1cc2cc(C3(C(N)=O)CC3)ncc2n1C. The number of carbonyl (C=O) groups is 1. The maximum atomic E-state index is 11.8. The molecular formula is C20H19N5O. The molecular weight excluding hydrogens is 326 g/mol. The highest BCUT2D eigenvalue weighted by molar-refractivity contribution is 5.93. The lowest BCUT2D eigenvalue weighted by atomic mass is 10.00. The highest BCUT2D eigenvalue weighted by atomic mass is 16.1. The van der Waals surface area contributed by atoms with Gasteiger partial charge in [-0.1, -0.05) is 0 Å². The van der Waals surface area contributed by atoms with Crippen molar-refractivity contribution < 1.29 is 4.79 Å². The van der Waals surface area contributed by atoms with Crippen molar-refractivity contribution in [2.45, 2.75) is 25.2 Å². The van der Waals surface area contributed by atoms with Gasteiger partial charge < -0.3 is 10.3 Å². The van der Waals surface area contributed by atoms with Crippen LogP contribution in [-0.2, 0) is 17.3 Å². The van der Waals surface area contributed by atoms with Gasteiger partial charge in [0, 0.05) is 29.1 Å². The summed E-state index contributed by atoms with van der Waals surface area (Å²) in [6, 6.07) is 8.45. The Morgan fingerprint density at radius 2 is 2.00 bits per heavy atom. The molecule has 1 aromatic carbocycles. The van der Waals surface area contributed by atoms with Crippen molar-refractivity contribution in [3.05, 3.63) is 47.9 Å². The van der Waals surface area contributed by atoms with E-state index in [9.17, 15) is 4.79 Å². The standard InChI is InChI=1S/C20H19N5O/c1-11-5-15-13(9-23-24-15)6-14(11)16-7-12-8-18(20(3-4-20)19(21)26)22-10-17(12)25(16)2/h5-10H,3-4H2,1-2H3,(H2,21,26)(H,23,24). The average Bonchev–Trinajstić information content (AvgIpc) is 3.22. The summed E-state index contributed by atoms with van der Waals surface area (Å²) in [5, 5.41) is 9.29. The van der Waals surface area contributed by atoms with Gasteiger partial charge in [-0.3, -0.25) is 14.9 Å². The van der Waals surface area contributed by atoms with E-state index in [-0.39, 0.29) is 5.91 Å². The molecule has 6 nitrogen and oxygen atoms in total. The predicted octanol–water partition coefficient (Wildman–Crippen LogP) is 2.94. The third kappa shape index (κ3) is 1.95. The molecule has 6 heteroatoms. The Labute approximate surface area is 150 Å². The number of benzene rings is 1. The first-order valence-corrected chi connectivity index (χ1v) is 8.69. The molecule has 1 aliphatic rings. The van der Waals surface area contributed by atoms with Crippen LogP contribution in [0.25, 0.3) is 33.1 Å². The number of pyridine rings is 1. The molecule has 130 valence electrons. The first-order chi connectivity index (χ1) is 12.5. The maximum Gasteiger partial charge on any atom is 0.229 e. The summed E-state index contributed by atoms with van der Waals surface area (Å²) in [4.78, 5) is 16.4. The molecule has 3 N–H and O–H groups in total. The summed E-state index contributed by atoms with van der Waals surface area (Å²) in [6.07, 6.45) is 5.26. The summed E-state index contributed by atoms with van der Waals surface area (Å²) in [5.74, 6) is -0.276. The molecule has 3 heterocycles. The second-order valence-electron chi connectivity index (χ2n) is 7.29. The highest BCUT2D eigenvalue weighted by Gasteiger charge is 2.51. The Bertz CT molecular complexity index is 1200. The van der Waals surface area contributed by atoms with Crippen LogP contribution >= 0.6 is 0 Å². The zero-order valence-corrected chi connectivity index (χ0v) is 14.7. The van der Waals surface area contributed by atoms with Crippen LogP contribution in [0.5, 0.6) is 0 Å². The predicted molar refractivity (Wildman–Crippen MR) is 101 cm³/mol. The monoisotopic (exact) mass is 345 g/mol. The number of nitrogens with one attached hydrogen (secondary N) is 1. The van der Waals surface area contributed by atoms with E-state index in [0.717, 1.165) is 51.6 Å². The summed E-state index contributed by atoms with van der Waals surface area (Å²) >= 11 is 0. The highest BCUT2D eigenvalue weighted by Crippen LogP contribution is 2.47. The molecule has 1 aliphatic carbocycles. The zero-order chi connectivity index (χ0) is 18.1. The van der Waals surface area contributed by atoms with E-state index in [1.807, 2.05) is 25.5 Å². The van der Waals surface area contributed by atoms with Crippen molar-refractivity contribution >= 4 is 27.7 Å². The molecule has 5 rings (SSSR count). The van der Waals surface area contributed by atoms with Crippen LogP contribution in [0.3, 0.4) is 0 Å². The molecule has 1 saturated carbocycles. The molecule has 0 bridgehead atoms. The molecule has 0 radical (unpaired) electrons. The third-order valence-electron chi connectivity index (χ3n) is 5.70. The van der Waals surface area contributed by atoms with Crippen LogP contribution < -0.4 is 5.73 Å². The van der Waals surface area contributed by atoms with E-state index in [2.05, 4.69) is 44.9 Å². The largest absolute Gasteiger partial charge is 0.369 e. The van der Waals surface area contributed by atoms with Gasteiger partial charge in [-0.05, 0) is 49.6 Å². The summed E-state index contributed by atoms with van der Waals surface area (Å²) in [5.41, 5.74) is 11.4. The number of nitrogens with two attached hydrogens (primary N) is 1. The number of primary amides is 1. The molecule has 1 fully saturated rings. The van der Waals surface area contributed by atoms with E-state index in [4.69, 9.17) is 5.73 Å². The van der Waals surface area contributed by atoms with Gasteiger partial charge in [-0.2, -0.15) is 5.10 Å². The number of aromatic nitrogens is 4. The minimum Gasteiger partial charge on any atom is -0.369 e. The lowest BCUT2D eigenvalue weighted by Gasteiger charge is -2.10. The van der Waals surface area contributed by atoms with Crippen molar-refractivity contribution in [1.82, 2.24) is 19.7 Å². The summed E-state index contributed by atoms with van der Waals surface area (Å²) in [7, 11) is 2.04. The quantitative estimate of drug-likeness (QED) is 0.598. The van der Waals surface area contributed by atoms with Gasteiger partial charge in [0.1, 0.15) is 0 Å². The first-order valence-electron chi connectivity index (χ1n) is 8.69. The van der Waals surface area contributed by atoms with Gasteiger partial charge in [0.25, 0.3) is 0 Å². The molecule has 0 spiro atoms. The number of rotatable bonds is 3. The van der Waals surface area contributed by atoms with Gasteiger partial charge in [-0.25, -0.2) is 0 Å². The fourth-order valence-electron chi connectivity index (χ4n) is 3.88. The van der Waals surface area contributed by atoms with Crippen LogP contribution in [0.4, 0.5) is 0 Å². The number of H-pyrrole nitrogens is 1. The Kier molecular flexibility index (Phi) is 2.88. The van der Waals surface area contributed by atoms with Crippen LogP contribution in [0, 0.1) is 6.92 Å². The van der Waals surface area contributed by atoms with Gasteiger partial charge in [0.05, 0.1) is 34.5 Å².